The molecule has 0 spiro atoms. The predicted molar refractivity (Wildman–Crippen MR) is 91.7 cm³/mol. The fourth-order valence-corrected chi connectivity index (χ4v) is 2.16. The van der Waals surface area contributed by atoms with Crippen LogP contribution in [0.5, 0.6) is 0 Å². The van der Waals surface area contributed by atoms with Gasteiger partial charge in [-0.05, 0) is 31.0 Å². The van der Waals surface area contributed by atoms with Crippen LogP contribution < -0.4 is 10.7 Å². The third-order valence-corrected chi connectivity index (χ3v) is 3.55. The second kappa shape index (κ2) is 7.56. The van der Waals surface area contributed by atoms with E-state index in [2.05, 4.69) is 15.8 Å². The number of para-hydroxylation sites is 1. The zero-order valence-electron chi connectivity index (χ0n) is 12.8. The molecule has 118 valence electrons. The predicted octanol–water partition coefficient (Wildman–Crippen LogP) is 3.05. The molecule has 0 aromatic heterocycles. The van der Waals surface area contributed by atoms with Crippen molar-refractivity contribution in [3.8, 4) is 0 Å². The first-order valence-electron chi connectivity index (χ1n) is 6.94. The third-order valence-electron chi connectivity index (χ3n) is 3.20. The summed E-state index contributed by atoms with van der Waals surface area (Å²) < 4.78 is 0. The number of nitrogens with zero attached hydrogens (tertiary/aromatic N) is 1. The van der Waals surface area contributed by atoms with E-state index in [0.29, 0.717) is 16.3 Å². The summed E-state index contributed by atoms with van der Waals surface area (Å²) in [6, 6.07) is 12.6. The van der Waals surface area contributed by atoms with Gasteiger partial charge in [-0.3, -0.25) is 9.59 Å². The Balaban J connectivity index is 1.98. The quantitative estimate of drug-likeness (QED) is 0.516. The molecule has 5 nitrogen and oxygen atoms in total. The van der Waals surface area contributed by atoms with Gasteiger partial charge >= 0.3 is 11.8 Å². The SMILES string of the molecule is Cc1cccc(C)c1NC(=O)C(=O)N/N=C/c1ccccc1Cl. The highest BCUT2D eigenvalue weighted by Gasteiger charge is 2.15. The van der Waals surface area contributed by atoms with Crippen LogP contribution in [0, 0.1) is 13.8 Å². The lowest BCUT2D eigenvalue weighted by molar-refractivity contribution is -0.136. The van der Waals surface area contributed by atoms with Crippen molar-refractivity contribution < 1.29 is 9.59 Å². The summed E-state index contributed by atoms with van der Waals surface area (Å²) in [5, 5.41) is 6.83. The van der Waals surface area contributed by atoms with Crippen molar-refractivity contribution in [2.24, 2.45) is 5.10 Å². The molecule has 0 atom stereocenters. The Morgan fingerprint density at radius 1 is 1.00 bits per heavy atom. The fourth-order valence-electron chi connectivity index (χ4n) is 1.97. The van der Waals surface area contributed by atoms with Gasteiger partial charge in [0.05, 0.1) is 6.21 Å². The molecule has 0 radical (unpaired) electrons. The summed E-state index contributed by atoms with van der Waals surface area (Å²) in [6.45, 7) is 3.71. The fraction of sp³-hybridized carbons (Fsp3) is 0.118. The van der Waals surface area contributed by atoms with Crippen molar-refractivity contribution in [3.05, 3.63) is 64.2 Å². The Hall–Kier alpha value is -2.66. The zero-order chi connectivity index (χ0) is 16.8. The molecule has 0 saturated carbocycles. The van der Waals surface area contributed by atoms with Crippen LogP contribution in [0.15, 0.2) is 47.6 Å². The van der Waals surface area contributed by atoms with Gasteiger partial charge in [0, 0.05) is 16.3 Å². The molecule has 2 amide bonds. The van der Waals surface area contributed by atoms with Crippen molar-refractivity contribution in [3.63, 3.8) is 0 Å². The molecular formula is C17H16ClN3O2. The van der Waals surface area contributed by atoms with E-state index in [1.165, 1.54) is 6.21 Å². The van der Waals surface area contributed by atoms with E-state index in [1.807, 2.05) is 32.0 Å². The van der Waals surface area contributed by atoms with Crippen molar-refractivity contribution in [1.82, 2.24) is 5.43 Å². The van der Waals surface area contributed by atoms with Crippen LogP contribution in [0.25, 0.3) is 0 Å². The molecule has 2 aromatic carbocycles. The minimum atomic E-state index is -0.851. The Morgan fingerprint density at radius 2 is 1.65 bits per heavy atom. The normalized spacial score (nSPS) is 10.6. The highest BCUT2D eigenvalue weighted by atomic mass is 35.5. The van der Waals surface area contributed by atoms with Crippen molar-refractivity contribution >= 4 is 35.3 Å². The number of carbonyl (C=O) groups excluding carboxylic acids is 2. The summed E-state index contributed by atoms with van der Waals surface area (Å²) >= 11 is 5.96. The number of aryl methyl sites for hydroxylation is 2. The lowest BCUT2D eigenvalue weighted by Gasteiger charge is -2.10. The molecule has 0 bridgehead atoms. The minimum Gasteiger partial charge on any atom is -0.317 e. The molecule has 2 rings (SSSR count). The second-order valence-electron chi connectivity index (χ2n) is 4.94. The summed E-state index contributed by atoms with van der Waals surface area (Å²) in [5.41, 5.74) is 5.21. The van der Waals surface area contributed by atoms with Gasteiger partial charge in [0.2, 0.25) is 0 Å². The molecule has 0 aliphatic rings. The highest BCUT2D eigenvalue weighted by Crippen LogP contribution is 2.19. The largest absolute Gasteiger partial charge is 0.329 e. The maximum absolute atomic E-state index is 11.9. The minimum absolute atomic E-state index is 0.505. The highest BCUT2D eigenvalue weighted by molar-refractivity contribution is 6.39. The van der Waals surface area contributed by atoms with Crippen LogP contribution in [-0.4, -0.2) is 18.0 Å². The molecule has 0 aliphatic carbocycles. The van der Waals surface area contributed by atoms with Gasteiger partial charge in [-0.1, -0.05) is 48.0 Å². The molecule has 6 heteroatoms. The third kappa shape index (κ3) is 4.40. The van der Waals surface area contributed by atoms with E-state index in [4.69, 9.17) is 11.6 Å². The summed E-state index contributed by atoms with van der Waals surface area (Å²) in [4.78, 5) is 23.7. The Kier molecular flexibility index (Phi) is 5.49. The van der Waals surface area contributed by atoms with Crippen LogP contribution in [0.2, 0.25) is 5.02 Å². The monoisotopic (exact) mass is 329 g/mol. The Labute approximate surface area is 139 Å². The van der Waals surface area contributed by atoms with E-state index in [-0.39, 0.29) is 0 Å². The number of hydrogen-bond acceptors (Lipinski definition) is 3. The van der Waals surface area contributed by atoms with Gasteiger partial charge in [-0.15, -0.1) is 0 Å². The van der Waals surface area contributed by atoms with Crippen LogP contribution in [0.3, 0.4) is 0 Å². The van der Waals surface area contributed by atoms with Gasteiger partial charge < -0.3 is 5.32 Å². The first-order valence-corrected chi connectivity index (χ1v) is 7.32. The van der Waals surface area contributed by atoms with Gasteiger partial charge in [0.15, 0.2) is 0 Å². The number of halogens is 1. The number of anilines is 1. The van der Waals surface area contributed by atoms with Gasteiger partial charge in [-0.2, -0.15) is 5.10 Å². The van der Waals surface area contributed by atoms with Gasteiger partial charge in [-0.25, -0.2) is 5.43 Å². The number of nitrogens with one attached hydrogen (secondary N) is 2. The number of hydrogen-bond donors (Lipinski definition) is 2. The number of carbonyl (C=O) groups is 2. The molecular weight excluding hydrogens is 314 g/mol. The number of rotatable bonds is 3. The first kappa shape index (κ1) is 16.7. The molecule has 0 unspecified atom stereocenters. The van der Waals surface area contributed by atoms with Crippen molar-refractivity contribution in [1.29, 1.82) is 0 Å². The number of hydrazone groups is 1. The van der Waals surface area contributed by atoms with E-state index in [9.17, 15) is 9.59 Å². The molecule has 0 aliphatic heterocycles. The van der Waals surface area contributed by atoms with Crippen LogP contribution in [0.1, 0.15) is 16.7 Å². The zero-order valence-corrected chi connectivity index (χ0v) is 13.5. The van der Waals surface area contributed by atoms with E-state index < -0.39 is 11.8 Å². The standard InChI is InChI=1S/C17H16ClN3O2/c1-11-6-5-7-12(2)15(11)20-16(22)17(23)21-19-10-13-8-3-4-9-14(13)18/h3-10H,1-2H3,(H,20,22)(H,21,23)/b19-10+. The van der Waals surface area contributed by atoms with Crippen molar-refractivity contribution in [2.75, 3.05) is 5.32 Å². The molecule has 0 saturated heterocycles. The number of benzene rings is 2. The Morgan fingerprint density at radius 3 is 2.30 bits per heavy atom. The summed E-state index contributed by atoms with van der Waals surface area (Å²) in [6.07, 6.45) is 1.38. The van der Waals surface area contributed by atoms with Gasteiger partial charge in [0.25, 0.3) is 0 Å². The van der Waals surface area contributed by atoms with Crippen LogP contribution in [-0.2, 0) is 9.59 Å². The van der Waals surface area contributed by atoms with Gasteiger partial charge in [0.1, 0.15) is 0 Å². The maximum atomic E-state index is 11.9. The van der Waals surface area contributed by atoms with E-state index in [0.717, 1.165) is 11.1 Å². The lowest BCUT2D eigenvalue weighted by atomic mass is 10.1. The van der Waals surface area contributed by atoms with Crippen molar-refractivity contribution in [2.45, 2.75) is 13.8 Å². The van der Waals surface area contributed by atoms with E-state index in [1.54, 1.807) is 24.3 Å². The summed E-state index contributed by atoms with van der Waals surface area (Å²) in [5.74, 6) is -1.63. The van der Waals surface area contributed by atoms with Crippen LogP contribution >= 0.6 is 11.6 Å². The maximum Gasteiger partial charge on any atom is 0.329 e. The van der Waals surface area contributed by atoms with Crippen LogP contribution in [0.4, 0.5) is 5.69 Å². The summed E-state index contributed by atoms with van der Waals surface area (Å²) in [7, 11) is 0. The Bertz CT molecular complexity index is 752. The van der Waals surface area contributed by atoms with E-state index >= 15 is 0 Å². The second-order valence-corrected chi connectivity index (χ2v) is 5.35. The molecule has 2 aromatic rings. The number of amides is 2. The average Bonchev–Trinajstić information content (AvgIpc) is 2.52. The molecule has 0 heterocycles. The molecule has 2 N–H and O–H groups in total. The first-order chi connectivity index (χ1) is 11.0. The molecule has 0 fully saturated rings. The molecule has 23 heavy (non-hydrogen) atoms. The average molecular weight is 330 g/mol. The smallest absolute Gasteiger partial charge is 0.317 e. The lowest BCUT2D eigenvalue weighted by Crippen LogP contribution is -2.32. The topological polar surface area (TPSA) is 70.6 Å².